The Bertz CT molecular complexity index is 299. The van der Waals surface area contributed by atoms with E-state index in [1.807, 2.05) is 0 Å². The van der Waals surface area contributed by atoms with E-state index >= 15 is 0 Å². The Morgan fingerprint density at radius 3 is 2.50 bits per heavy atom. The molecule has 0 aliphatic carbocycles. The summed E-state index contributed by atoms with van der Waals surface area (Å²) in [6.45, 7) is 3.53. The summed E-state index contributed by atoms with van der Waals surface area (Å²) in [7, 11) is -2.89. The molecular weight excluding hydrogens is 250 g/mol. The molecule has 0 spiro atoms. The second-order valence-corrected chi connectivity index (χ2v) is 6.93. The van der Waals surface area contributed by atoms with Crippen LogP contribution in [0, 0.1) is 0 Å². The molecule has 1 N–H and O–H groups in total. The summed E-state index contributed by atoms with van der Waals surface area (Å²) >= 11 is 5.95. The molecule has 0 amide bonds. The molecule has 0 aromatic carbocycles. The van der Waals surface area contributed by atoms with Crippen molar-refractivity contribution in [1.82, 2.24) is 5.32 Å². The van der Waals surface area contributed by atoms with E-state index in [1.165, 1.54) is 0 Å². The van der Waals surface area contributed by atoms with Gasteiger partial charge in [-0.15, -0.1) is 11.6 Å². The predicted octanol–water partition coefficient (Wildman–Crippen LogP) is 0.799. The minimum Gasteiger partial charge on any atom is -0.381 e. The minimum atomic E-state index is -2.89. The Hall–Kier alpha value is 0.160. The fourth-order valence-electron chi connectivity index (χ4n) is 1.74. The van der Waals surface area contributed by atoms with Gasteiger partial charge in [-0.3, -0.25) is 0 Å². The third kappa shape index (κ3) is 4.20. The molecule has 0 unspecified atom stereocenters. The van der Waals surface area contributed by atoms with Gasteiger partial charge in [-0.25, -0.2) is 8.42 Å². The van der Waals surface area contributed by atoms with Crippen LogP contribution < -0.4 is 5.32 Å². The van der Waals surface area contributed by atoms with E-state index < -0.39 is 9.84 Å². The summed E-state index contributed by atoms with van der Waals surface area (Å²) in [5, 5.41) is 3.28. The van der Waals surface area contributed by atoms with Gasteiger partial charge in [0.1, 0.15) is 0 Å². The van der Waals surface area contributed by atoms with Crippen LogP contribution in [0.5, 0.6) is 0 Å². The van der Waals surface area contributed by atoms with Gasteiger partial charge in [0.05, 0.1) is 5.75 Å². The van der Waals surface area contributed by atoms with E-state index in [0.29, 0.717) is 25.6 Å². The molecular formula is C10H20ClNO3S. The summed E-state index contributed by atoms with van der Waals surface area (Å²) < 4.78 is 28.0. The first-order valence-electron chi connectivity index (χ1n) is 5.63. The smallest absolute Gasteiger partial charge is 0.151 e. The SMILES string of the molecule is CCS(=O)(=O)CCNC1(CCl)CCOCC1. The lowest BCUT2D eigenvalue weighted by atomic mass is 9.92. The summed E-state index contributed by atoms with van der Waals surface area (Å²) in [4.78, 5) is 0. The molecule has 1 aliphatic heterocycles. The summed E-state index contributed by atoms with van der Waals surface area (Å²) in [5.74, 6) is 0.886. The lowest BCUT2D eigenvalue weighted by Crippen LogP contribution is -2.52. The third-order valence-corrected chi connectivity index (χ3v) is 5.28. The van der Waals surface area contributed by atoms with Crippen LogP contribution in [0.15, 0.2) is 0 Å². The van der Waals surface area contributed by atoms with Crippen molar-refractivity contribution in [2.75, 3.05) is 37.1 Å². The van der Waals surface area contributed by atoms with Gasteiger partial charge in [0.2, 0.25) is 0 Å². The van der Waals surface area contributed by atoms with Crippen LogP contribution in [0.4, 0.5) is 0 Å². The van der Waals surface area contributed by atoms with Crippen molar-refractivity contribution in [1.29, 1.82) is 0 Å². The molecule has 4 nitrogen and oxygen atoms in total. The highest BCUT2D eigenvalue weighted by molar-refractivity contribution is 7.91. The number of alkyl halides is 1. The highest BCUT2D eigenvalue weighted by atomic mass is 35.5. The van der Waals surface area contributed by atoms with Gasteiger partial charge >= 0.3 is 0 Å². The lowest BCUT2D eigenvalue weighted by molar-refractivity contribution is 0.0474. The topological polar surface area (TPSA) is 55.4 Å². The Morgan fingerprint density at radius 1 is 1.38 bits per heavy atom. The molecule has 0 aromatic heterocycles. The van der Waals surface area contributed by atoms with Crippen LogP contribution in [-0.2, 0) is 14.6 Å². The first kappa shape index (κ1) is 14.2. The highest BCUT2D eigenvalue weighted by Gasteiger charge is 2.31. The molecule has 0 saturated carbocycles. The van der Waals surface area contributed by atoms with Gasteiger partial charge in [0.25, 0.3) is 0 Å². The van der Waals surface area contributed by atoms with E-state index in [0.717, 1.165) is 12.8 Å². The van der Waals surface area contributed by atoms with Crippen LogP contribution in [0.1, 0.15) is 19.8 Å². The second-order valence-electron chi connectivity index (χ2n) is 4.19. The molecule has 1 heterocycles. The van der Waals surface area contributed by atoms with Gasteiger partial charge in [0.15, 0.2) is 9.84 Å². The number of nitrogens with one attached hydrogen (secondary N) is 1. The number of sulfone groups is 1. The standard InChI is InChI=1S/C10H20ClNO3S/c1-2-16(13,14)8-5-12-10(9-11)3-6-15-7-4-10/h12H,2-9H2,1H3. The van der Waals surface area contributed by atoms with E-state index in [1.54, 1.807) is 6.92 Å². The number of rotatable bonds is 6. The third-order valence-electron chi connectivity index (χ3n) is 3.06. The highest BCUT2D eigenvalue weighted by Crippen LogP contribution is 2.21. The first-order valence-corrected chi connectivity index (χ1v) is 7.98. The van der Waals surface area contributed by atoms with Crippen LogP contribution in [0.3, 0.4) is 0 Å². The Morgan fingerprint density at radius 2 is 2.00 bits per heavy atom. The van der Waals surface area contributed by atoms with Crippen LogP contribution in [0.25, 0.3) is 0 Å². The normalized spacial score (nSPS) is 20.9. The second kappa shape index (κ2) is 6.19. The van der Waals surface area contributed by atoms with E-state index in [4.69, 9.17) is 16.3 Å². The molecule has 0 aromatic rings. The molecule has 16 heavy (non-hydrogen) atoms. The maximum atomic E-state index is 11.3. The average Bonchev–Trinajstić information content (AvgIpc) is 2.30. The fraction of sp³-hybridized carbons (Fsp3) is 1.00. The number of hydrogen-bond donors (Lipinski definition) is 1. The Kier molecular flexibility index (Phi) is 5.50. The van der Waals surface area contributed by atoms with Crippen molar-refractivity contribution >= 4 is 21.4 Å². The van der Waals surface area contributed by atoms with Crippen molar-refractivity contribution in [2.24, 2.45) is 0 Å². The monoisotopic (exact) mass is 269 g/mol. The molecule has 1 aliphatic rings. The zero-order valence-corrected chi connectivity index (χ0v) is 11.2. The molecule has 0 bridgehead atoms. The van der Waals surface area contributed by atoms with E-state index in [-0.39, 0.29) is 17.0 Å². The minimum absolute atomic E-state index is 0.136. The van der Waals surface area contributed by atoms with Crippen molar-refractivity contribution in [2.45, 2.75) is 25.3 Å². The van der Waals surface area contributed by atoms with E-state index in [9.17, 15) is 8.42 Å². The largest absolute Gasteiger partial charge is 0.381 e. The van der Waals surface area contributed by atoms with Crippen molar-refractivity contribution < 1.29 is 13.2 Å². The first-order chi connectivity index (χ1) is 7.54. The summed E-state index contributed by atoms with van der Waals surface area (Å²) in [6.07, 6.45) is 1.70. The Balaban J connectivity index is 2.39. The van der Waals surface area contributed by atoms with Crippen molar-refractivity contribution in [3.05, 3.63) is 0 Å². The Labute approximate surface area is 103 Å². The fourth-order valence-corrected chi connectivity index (χ4v) is 2.80. The van der Waals surface area contributed by atoms with Gasteiger partial charge in [-0.05, 0) is 12.8 Å². The van der Waals surface area contributed by atoms with E-state index in [2.05, 4.69) is 5.32 Å². The van der Waals surface area contributed by atoms with Gasteiger partial charge in [-0.1, -0.05) is 6.92 Å². The quantitative estimate of drug-likeness (QED) is 0.725. The zero-order valence-electron chi connectivity index (χ0n) is 9.67. The number of hydrogen-bond acceptors (Lipinski definition) is 4. The number of halogens is 1. The number of ether oxygens (including phenoxy) is 1. The summed E-state index contributed by atoms with van der Waals surface area (Å²) in [5.41, 5.74) is -0.136. The maximum absolute atomic E-state index is 11.3. The molecule has 6 heteroatoms. The average molecular weight is 270 g/mol. The molecule has 1 saturated heterocycles. The summed E-state index contributed by atoms with van der Waals surface area (Å²) in [6, 6.07) is 0. The van der Waals surface area contributed by atoms with Crippen LogP contribution >= 0.6 is 11.6 Å². The lowest BCUT2D eigenvalue weighted by Gasteiger charge is -2.36. The molecule has 1 rings (SSSR count). The molecule has 0 radical (unpaired) electrons. The van der Waals surface area contributed by atoms with Crippen LogP contribution in [-0.4, -0.2) is 51.1 Å². The van der Waals surface area contributed by atoms with Crippen molar-refractivity contribution in [3.63, 3.8) is 0 Å². The van der Waals surface area contributed by atoms with Gasteiger partial charge < -0.3 is 10.1 Å². The molecule has 1 fully saturated rings. The molecule has 96 valence electrons. The van der Waals surface area contributed by atoms with Crippen LogP contribution in [0.2, 0.25) is 0 Å². The maximum Gasteiger partial charge on any atom is 0.151 e. The van der Waals surface area contributed by atoms with Crippen molar-refractivity contribution in [3.8, 4) is 0 Å². The van der Waals surface area contributed by atoms with Gasteiger partial charge in [-0.2, -0.15) is 0 Å². The predicted molar refractivity (Wildman–Crippen MR) is 65.8 cm³/mol. The zero-order chi connectivity index (χ0) is 12.1. The molecule has 0 atom stereocenters. The van der Waals surface area contributed by atoms with Gasteiger partial charge in [0, 0.05) is 36.9 Å².